The first-order valence-corrected chi connectivity index (χ1v) is 5.89. The summed E-state index contributed by atoms with van der Waals surface area (Å²) in [6.07, 6.45) is 0. The molecular formula is C12H13ClN2O3. The first kappa shape index (κ1) is 12.7. The van der Waals surface area contributed by atoms with Crippen LogP contribution in [0, 0.1) is 6.92 Å². The third kappa shape index (κ3) is 1.71. The Hall–Kier alpha value is -1.75. The van der Waals surface area contributed by atoms with Crippen LogP contribution in [0.5, 0.6) is 5.75 Å². The van der Waals surface area contributed by atoms with Crippen molar-refractivity contribution in [2.45, 2.75) is 26.8 Å². The second-order valence-corrected chi connectivity index (χ2v) is 4.85. The number of phenols is 1. The lowest BCUT2D eigenvalue weighted by molar-refractivity contribution is 0.471. The highest BCUT2D eigenvalue weighted by molar-refractivity contribution is 6.36. The number of phenolic OH excluding ortho intramolecular Hbond substituents is 1. The van der Waals surface area contributed by atoms with Crippen LogP contribution in [0.25, 0.3) is 10.8 Å². The normalized spacial score (nSPS) is 11.4. The number of hydrogen-bond acceptors (Lipinski definition) is 3. The average molecular weight is 269 g/mol. The summed E-state index contributed by atoms with van der Waals surface area (Å²) >= 11 is 6.01. The Morgan fingerprint density at radius 2 is 2.00 bits per heavy atom. The number of fused-ring (bicyclic) bond motifs is 1. The molecule has 0 fully saturated rings. The van der Waals surface area contributed by atoms with Crippen molar-refractivity contribution >= 4 is 22.4 Å². The molecule has 0 aliphatic rings. The first-order valence-electron chi connectivity index (χ1n) is 5.51. The Balaban J connectivity index is 3.09. The number of hydrogen-bond donors (Lipinski definition) is 2. The van der Waals surface area contributed by atoms with E-state index in [1.807, 2.05) is 0 Å². The van der Waals surface area contributed by atoms with Crippen molar-refractivity contribution in [1.29, 1.82) is 0 Å². The summed E-state index contributed by atoms with van der Waals surface area (Å²) in [6, 6.07) is 1.10. The van der Waals surface area contributed by atoms with Crippen LogP contribution in [0.4, 0.5) is 0 Å². The van der Waals surface area contributed by atoms with Crippen molar-refractivity contribution in [3.63, 3.8) is 0 Å². The molecule has 0 atom stereocenters. The monoisotopic (exact) mass is 268 g/mol. The second-order valence-electron chi connectivity index (χ2n) is 4.47. The lowest BCUT2D eigenvalue weighted by atomic mass is 10.1. The molecule has 0 bridgehead atoms. The van der Waals surface area contributed by atoms with E-state index >= 15 is 0 Å². The molecule has 2 N–H and O–H groups in total. The fourth-order valence-electron chi connectivity index (χ4n) is 1.84. The van der Waals surface area contributed by atoms with E-state index in [-0.39, 0.29) is 33.1 Å². The molecule has 1 aromatic carbocycles. The maximum absolute atomic E-state index is 12.2. The summed E-state index contributed by atoms with van der Waals surface area (Å²) in [4.78, 5) is 24.1. The van der Waals surface area contributed by atoms with Gasteiger partial charge in [-0.25, -0.2) is 4.68 Å². The van der Waals surface area contributed by atoms with Crippen molar-refractivity contribution < 1.29 is 5.11 Å². The summed E-state index contributed by atoms with van der Waals surface area (Å²) in [7, 11) is 0. The van der Waals surface area contributed by atoms with Gasteiger partial charge in [-0.2, -0.15) is 0 Å². The van der Waals surface area contributed by atoms with Crippen LogP contribution in [0.3, 0.4) is 0 Å². The van der Waals surface area contributed by atoms with Crippen molar-refractivity contribution in [3.8, 4) is 5.75 Å². The van der Waals surface area contributed by atoms with E-state index in [4.69, 9.17) is 11.6 Å². The number of aromatic hydroxyl groups is 1. The number of halogens is 1. The Morgan fingerprint density at radius 1 is 1.39 bits per heavy atom. The summed E-state index contributed by atoms with van der Waals surface area (Å²) < 4.78 is 1.22. The molecule has 18 heavy (non-hydrogen) atoms. The SMILES string of the molecule is Cc1c(O)cc2c(=O)n(C(C)C)[nH]c(=O)c2c1Cl. The molecule has 0 radical (unpaired) electrons. The first-order chi connectivity index (χ1) is 8.34. The van der Waals surface area contributed by atoms with Gasteiger partial charge in [0.2, 0.25) is 0 Å². The highest BCUT2D eigenvalue weighted by atomic mass is 35.5. The van der Waals surface area contributed by atoms with Crippen molar-refractivity contribution in [3.05, 3.63) is 37.4 Å². The predicted molar refractivity (Wildman–Crippen MR) is 70.6 cm³/mol. The molecule has 6 heteroatoms. The van der Waals surface area contributed by atoms with Gasteiger partial charge in [0.05, 0.1) is 15.8 Å². The highest BCUT2D eigenvalue weighted by Gasteiger charge is 2.16. The fourth-order valence-corrected chi connectivity index (χ4v) is 2.12. The van der Waals surface area contributed by atoms with E-state index in [0.717, 1.165) is 0 Å². The largest absolute Gasteiger partial charge is 0.508 e. The molecular weight excluding hydrogens is 256 g/mol. The maximum atomic E-state index is 12.2. The zero-order valence-electron chi connectivity index (χ0n) is 10.2. The number of H-pyrrole nitrogens is 1. The molecule has 0 amide bonds. The Kier molecular flexibility index (Phi) is 2.94. The minimum absolute atomic E-state index is 0.0921. The quantitative estimate of drug-likeness (QED) is 0.830. The van der Waals surface area contributed by atoms with Crippen LogP contribution in [-0.4, -0.2) is 14.9 Å². The van der Waals surface area contributed by atoms with E-state index in [1.165, 1.54) is 10.7 Å². The van der Waals surface area contributed by atoms with Gasteiger partial charge in [-0.05, 0) is 26.8 Å². The van der Waals surface area contributed by atoms with Gasteiger partial charge in [0, 0.05) is 11.6 Å². The third-order valence-corrected chi connectivity index (χ3v) is 3.37. The summed E-state index contributed by atoms with van der Waals surface area (Å²) in [5, 5.41) is 12.5. The molecule has 0 aliphatic carbocycles. The number of benzene rings is 1. The van der Waals surface area contributed by atoms with Crippen LogP contribution >= 0.6 is 11.6 Å². The van der Waals surface area contributed by atoms with Crippen LogP contribution in [0.15, 0.2) is 15.7 Å². The van der Waals surface area contributed by atoms with Crippen molar-refractivity contribution in [2.24, 2.45) is 0 Å². The number of rotatable bonds is 1. The standard InChI is InChI=1S/C12H13ClN2O3/c1-5(2)15-12(18)7-4-8(16)6(3)10(13)9(7)11(17)14-15/h4-5,16H,1-3H3,(H,14,17). The molecule has 1 heterocycles. The number of nitrogens with zero attached hydrogens (tertiary/aromatic N) is 1. The van der Waals surface area contributed by atoms with E-state index in [9.17, 15) is 14.7 Å². The van der Waals surface area contributed by atoms with Gasteiger partial charge in [-0.3, -0.25) is 14.7 Å². The fraction of sp³-hybridized carbons (Fsp3) is 0.333. The van der Waals surface area contributed by atoms with Crippen LogP contribution in [0.1, 0.15) is 25.5 Å². The molecule has 0 aliphatic heterocycles. The zero-order valence-corrected chi connectivity index (χ0v) is 11.0. The smallest absolute Gasteiger partial charge is 0.273 e. The molecule has 0 spiro atoms. The predicted octanol–water partition coefficient (Wildman–Crippen LogP) is 1.94. The van der Waals surface area contributed by atoms with E-state index in [2.05, 4.69) is 5.10 Å². The number of aromatic amines is 1. The minimum atomic E-state index is -0.439. The van der Waals surface area contributed by atoms with E-state index in [0.29, 0.717) is 5.56 Å². The molecule has 2 rings (SSSR count). The van der Waals surface area contributed by atoms with Gasteiger partial charge in [0.1, 0.15) is 5.75 Å². The van der Waals surface area contributed by atoms with E-state index < -0.39 is 5.56 Å². The number of nitrogens with one attached hydrogen (secondary N) is 1. The van der Waals surface area contributed by atoms with Gasteiger partial charge >= 0.3 is 0 Å². The molecule has 5 nitrogen and oxygen atoms in total. The highest BCUT2D eigenvalue weighted by Crippen LogP contribution is 2.29. The zero-order chi connectivity index (χ0) is 13.6. The molecule has 96 valence electrons. The topological polar surface area (TPSA) is 75.1 Å². The summed E-state index contributed by atoms with van der Waals surface area (Å²) in [5.41, 5.74) is -0.431. The lowest BCUT2D eigenvalue weighted by Gasteiger charge is -2.12. The Morgan fingerprint density at radius 3 is 2.56 bits per heavy atom. The van der Waals surface area contributed by atoms with E-state index in [1.54, 1.807) is 20.8 Å². The van der Waals surface area contributed by atoms with Gasteiger partial charge in [0.15, 0.2) is 0 Å². The van der Waals surface area contributed by atoms with Gasteiger partial charge < -0.3 is 5.11 Å². The average Bonchev–Trinajstić information content (AvgIpc) is 2.29. The summed E-state index contributed by atoms with van der Waals surface area (Å²) in [5.74, 6) is -0.0921. The van der Waals surface area contributed by atoms with Crippen molar-refractivity contribution in [1.82, 2.24) is 9.78 Å². The Labute approximate surface area is 108 Å². The van der Waals surface area contributed by atoms with Gasteiger partial charge in [0.25, 0.3) is 11.1 Å². The number of aromatic nitrogens is 2. The molecule has 2 aromatic rings. The molecule has 0 saturated heterocycles. The molecule has 0 saturated carbocycles. The second kappa shape index (κ2) is 4.17. The van der Waals surface area contributed by atoms with Crippen LogP contribution in [-0.2, 0) is 0 Å². The van der Waals surface area contributed by atoms with Crippen LogP contribution in [0.2, 0.25) is 5.02 Å². The van der Waals surface area contributed by atoms with Crippen LogP contribution < -0.4 is 11.1 Å². The lowest BCUT2D eigenvalue weighted by Crippen LogP contribution is -2.31. The minimum Gasteiger partial charge on any atom is -0.508 e. The molecule has 0 unspecified atom stereocenters. The maximum Gasteiger partial charge on any atom is 0.273 e. The third-order valence-electron chi connectivity index (χ3n) is 2.90. The molecule has 1 aromatic heterocycles. The van der Waals surface area contributed by atoms with Gasteiger partial charge in [-0.1, -0.05) is 11.6 Å². The Bertz CT molecular complexity index is 744. The van der Waals surface area contributed by atoms with Crippen molar-refractivity contribution in [2.75, 3.05) is 0 Å². The summed E-state index contributed by atoms with van der Waals surface area (Å²) in [6.45, 7) is 5.14. The van der Waals surface area contributed by atoms with Gasteiger partial charge in [-0.15, -0.1) is 0 Å².